The fraction of sp³-hybridized carbons (Fsp3) is 0.412. The molecule has 1 aliphatic heterocycles. The quantitative estimate of drug-likeness (QED) is 0.523. The normalized spacial score (nSPS) is 17.1. The molecular formula is C17H20ClN3O2S. The van der Waals surface area contributed by atoms with Gasteiger partial charge in [0.05, 0.1) is 6.10 Å². The van der Waals surface area contributed by atoms with Crippen molar-refractivity contribution in [1.82, 2.24) is 14.8 Å². The predicted octanol–water partition coefficient (Wildman–Crippen LogP) is 3.97. The molecule has 1 saturated heterocycles. The number of benzene rings is 1. The number of halogens is 1. The van der Waals surface area contributed by atoms with Crippen LogP contribution < -0.4 is 4.74 Å². The molecule has 2 aromatic rings. The van der Waals surface area contributed by atoms with Crippen LogP contribution in [0.2, 0.25) is 5.02 Å². The van der Waals surface area contributed by atoms with Crippen molar-refractivity contribution >= 4 is 23.4 Å². The van der Waals surface area contributed by atoms with Gasteiger partial charge in [-0.3, -0.25) is 4.57 Å². The van der Waals surface area contributed by atoms with Crippen molar-refractivity contribution in [1.29, 1.82) is 0 Å². The van der Waals surface area contributed by atoms with Crippen molar-refractivity contribution < 1.29 is 9.47 Å². The SMILES string of the molecule is C=CCn1c(COc2ccc(Cl)cc2)nnc1SCC1CCCO1. The summed E-state index contributed by atoms with van der Waals surface area (Å²) in [6, 6.07) is 7.27. The van der Waals surface area contributed by atoms with Crippen LogP contribution in [0.25, 0.3) is 0 Å². The van der Waals surface area contributed by atoms with E-state index in [4.69, 9.17) is 21.1 Å². The third-order valence-electron chi connectivity index (χ3n) is 3.71. The van der Waals surface area contributed by atoms with Gasteiger partial charge in [0.1, 0.15) is 12.4 Å². The number of thioether (sulfide) groups is 1. The van der Waals surface area contributed by atoms with Crippen LogP contribution in [0.3, 0.4) is 0 Å². The average Bonchev–Trinajstić information content (AvgIpc) is 3.23. The fourth-order valence-electron chi connectivity index (χ4n) is 2.47. The minimum atomic E-state index is 0.317. The zero-order valence-corrected chi connectivity index (χ0v) is 14.9. The summed E-state index contributed by atoms with van der Waals surface area (Å²) >= 11 is 7.55. The molecule has 3 rings (SSSR count). The molecule has 1 aliphatic rings. The maximum Gasteiger partial charge on any atom is 0.191 e. The van der Waals surface area contributed by atoms with Crippen LogP contribution in [0.4, 0.5) is 0 Å². The van der Waals surface area contributed by atoms with Crippen LogP contribution in [0.5, 0.6) is 5.75 Å². The topological polar surface area (TPSA) is 49.2 Å². The summed E-state index contributed by atoms with van der Waals surface area (Å²) in [6.07, 6.45) is 4.42. The van der Waals surface area contributed by atoms with Gasteiger partial charge in [-0.15, -0.1) is 16.8 Å². The average molecular weight is 366 g/mol. The molecule has 0 amide bonds. The molecule has 1 aromatic carbocycles. The van der Waals surface area contributed by atoms with Gasteiger partial charge in [0.15, 0.2) is 11.0 Å². The molecule has 0 saturated carbocycles. The summed E-state index contributed by atoms with van der Waals surface area (Å²) in [5.41, 5.74) is 0. The summed E-state index contributed by atoms with van der Waals surface area (Å²) in [4.78, 5) is 0. The Morgan fingerprint density at radius 1 is 1.38 bits per heavy atom. The number of allylic oxidation sites excluding steroid dienone is 1. The van der Waals surface area contributed by atoms with E-state index in [1.165, 1.54) is 0 Å². The maximum absolute atomic E-state index is 5.88. The number of aromatic nitrogens is 3. The number of nitrogens with zero attached hydrogens (tertiary/aromatic N) is 3. The van der Waals surface area contributed by atoms with Crippen LogP contribution in [0, 0.1) is 0 Å². The number of rotatable bonds is 8. The molecule has 5 nitrogen and oxygen atoms in total. The first-order chi connectivity index (χ1) is 11.8. The van der Waals surface area contributed by atoms with Crippen LogP contribution in [-0.2, 0) is 17.9 Å². The minimum Gasteiger partial charge on any atom is -0.486 e. The molecule has 0 bridgehead atoms. The van der Waals surface area contributed by atoms with Gasteiger partial charge in [0.25, 0.3) is 0 Å². The van der Waals surface area contributed by atoms with Crippen molar-refractivity contribution in [2.24, 2.45) is 0 Å². The lowest BCUT2D eigenvalue weighted by Crippen LogP contribution is -2.10. The summed E-state index contributed by atoms with van der Waals surface area (Å²) in [5.74, 6) is 2.42. The van der Waals surface area contributed by atoms with E-state index in [9.17, 15) is 0 Å². The largest absolute Gasteiger partial charge is 0.486 e. The lowest BCUT2D eigenvalue weighted by Gasteiger charge is -2.11. The summed E-state index contributed by atoms with van der Waals surface area (Å²) in [7, 11) is 0. The Bertz CT molecular complexity index is 669. The summed E-state index contributed by atoms with van der Waals surface area (Å²) in [5, 5.41) is 10.1. The van der Waals surface area contributed by atoms with Gasteiger partial charge in [0, 0.05) is 23.9 Å². The molecule has 2 heterocycles. The van der Waals surface area contributed by atoms with E-state index in [0.717, 1.165) is 41.9 Å². The molecule has 1 aromatic heterocycles. The van der Waals surface area contributed by atoms with Gasteiger partial charge >= 0.3 is 0 Å². The van der Waals surface area contributed by atoms with E-state index >= 15 is 0 Å². The van der Waals surface area contributed by atoms with Gasteiger partial charge in [0.2, 0.25) is 0 Å². The third kappa shape index (κ3) is 4.53. The molecule has 128 valence electrons. The lowest BCUT2D eigenvalue weighted by molar-refractivity contribution is 0.129. The van der Waals surface area contributed by atoms with Gasteiger partial charge < -0.3 is 9.47 Å². The Balaban J connectivity index is 1.63. The van der Waals surface area contributed by atoms with E-state index in [2.05, 4.69) is 16.8 Å². The Hall–Kier alpha value is -1.50. The van der Waals surface area contributed by atoms with Gasteiger partial charge in [-0.1, -0.05) is 29.4 Å². The summed E-state index contributed by atoms with van der Waals surface area (Å²) in [6.45, 7) is 5.69. The van der Waals surface area contributed by atoms with Crippen molar-refractivity contribution in [3.63, 3.8) is 0 Å². The second kappa shape index (κ2) is 8.55. The van der Waals surface area contributed by atoms with E-state index in [0.29, 0.717) is 24.3 Å². The second-order valence-electron chi connectivity index (χ2n) is 5.49. The molecule has 1 unspecified atom stereocenters. The minimum absolute atomic E-state index is 0.317. The predicted molar refractivity (Wildman–Crippen MR) is 95.7 cm³/mol. The van der Waals surface area contributed by atoms with Crippen LogP contribution in [0.15, 0.2) is 42.1 Å². The Labute approximate surface area is 151 Å². The first-order valence-corrected chi connectivity index (χ1v) is 9.28. The molecule has 7 heteroatoms. The zero-order valence-electron chi connectivity index (χ0n) is 13.4. The highest BCUT2D eigenvalue weighted by Gasteiger charge is 2.18. The van der Waals surface area contributed by atoms with Crippen molar-refractivity contribution in [3.8, 4) is 5.75 Å². The molecule has 0 N–H and O–H groups in total. The van der Waals surface area contributed by atoms with E-state index in [-0.39, 0.29) is 0 Å². The molecular weight excluding hydrogens is 346 g/mol. The number of hydrogen-bond donors (Lipinski definition) is 0. The number of hydrogen-bond acceptors (Lipinski definition) is 5. The molecule has 24 heavy (non-hydrogen) atoms. The standard InChI is InChI=1S/C17H20ClN3O2S/c1-2-9-21-16(11-23-14-7-5-13(18)6-8-14)19-20-17(21)24-12-15-4-3-10-22-15/h2,5-8,15H,1,3-4,9-12H2. The lowest BCUT2D eigenvalue weighted by atomic mass is 10.3. The van der Waals surface area contributed by atoms with Gasteiger partial charge in [-0.25, -0.2) is 0 Å². The summed E-state index contributed by atoms with van der Waals surface area (Å²) < 4.78 is 13.5. The highest BCUT2D eigenvalue weighted by molar-refractivity contribution is 7.99. The Morgan fingerprint density at radius 2 is 2.21 bits per heavy atom. The van der Waals surface area contributed by atoms with Crippen LogP contribution >= 0.6 is 23.4 Å². The second-order valence-corrected chi connectivity index (χ2v) is 6.91. The fourth-order valence-corrected chi connectivity index (χ4v) is 3.63. The monoisotopic (exact) mass is 365 g/mol. The molecule has 0 spiro atoms. The first-order valence-electron chi connectivity index (χ1n) is 7.92. The smallest absolute Gasteiger partial charge is 0.191 e. The first kappa shape index (κ1) is 17.3. The van der Waals surface area contributed by atoms with Gasteiger partial charge in [-0.05, 0) is 37.1 Å². The molecule has 1 fully saturated rings. The van der Waals surface area contributed by atoms with E-state index in [1.807, 2.05) is 22.8 Å². The molecule has 0 aliphatic carbocycles. The molecule has 0 radical (unpaired) electrons. The van der Waals surface area contributed by atoms with Crippen molar-refractivity contribution in [3.05, 3.63) is 47.8 Å². The van der Waals surface area contributed by atoms with E-state index < -0.39 is 0 Å². The Morgan fingerprint density at radius 3 is 2.92 bits per heavy atom. The van der Waals surface area contributed by atoms with Crippen molar-refractivity contribution in [2.45, 2.75) is 37.3 Å². The highest BCUT2D eigenvalue weighted by Crippen LogP contribution is 2.24. The maximum atomic E-state index is 5.88. The third-order valence-corrected chi connectivity index (χ3v) is 5.06. The number of ether oxygens (including phenoxy) is 2. The zero-order chi connectivity index (χ0) is 16.8. The van der Waals surface area contributed by atoms with E-state index in [1.54, 1.807) is 23.9 Å². The van der Waals surface area contributed by atoms with Crippen molar-refractivity contribution in [2.75, 3.05) is 12.4 Å². The van der Waals surface area contributed by atoms with Crippen LogP contribution in [-0.4, -0.2) is 33.2 Å². The van der Waals surface area contributed by atoms with Gasteiger partial charge in [-0.2, -0.15) is 0 Å². The molecule has 1 atom stereocenters. The Kier molecular flexibility index (Phi) is 6.18. The van der Waals surface area contributed by atoms with Crippen LogP contribution in [0.1, 0.15) is 18.7 Å². The highest BCUT2D eigenvalue weighted by atomic mass is 35.5.